The Bertz CT molecular complexity index is 1050. The van der Waals surface area contributed by atoms with E-state index in [0.717, 1.165) is 4.57 Å². The molecule has 0 saturated heterocycles. The summed E-state index contributed by atoms with van der Waals surface area (Å²) in [4.78, 5) is 8.53. The number of nitrogens with one attached hydrogen (secondary N) is 3. The van der Waals surface area contributed by atoms with E-state index in [0.29, 0.717) is 23.0 Å². The molecule has 0 unspecified atom stereocenters. The summed E-state index contributed by atoms with van der Waals surface area (Å²) in [7, 11) is 1.77. The molecule has 3 rings (SSSR count). The van der Waals surface area contributed by atoms with Crippen molar-refractivity contribution in [3.63, 3.8) is 0 Å². The second kappa shape index (κ2) is 7.62. The predicted octanol–water partition coefficient (Wildman–Crippen LogP) is 3.07. The Morgan fingerprint density at radius 1 is 1.21 bits per heavy atom. The molecular weight excluding hydrogens is 373 g/mol. The van der Waals surface area contributed by atoms with Gasteiger partial charge in [0.1, 0.15) is 17.1 Å². The van der Waals surface area contributed by atoms with Gasteiger partial charge in [0.05, 0.1) is 18.3 Å². The summed E-state index contributed by atoms with van der Waals surface area (Å²) in [6, 6.07) is 6.45. The first-order chi connectivity index (χ1) is 13.2. The van der Waals surface area contributed by atoms with Crippen molar-refractivity contribution in [3.05, 3.63) is 48.3 Å². The van der Waals surface area contributed by atoms with Crippen molar-refractivity contribution in [2.24, 2.45) is 7.05 Å². The molecule has 28 heavy (non-hydrogen) atoms. The van der Waals surface area contributed by atoms with Crippen LogP contribution < -0.4 is 10.8 Å². The van der Waals surface area contributed by atoms with E-state index in [1.807, 2.05) is 0 Å². The summed E-state index contributed by atoms with van der Waals surface area (Å²) in [6.07, 6.45) is -1.36. The van der Waals surface area contributed by atoms with E-state index < -0.39 is 19.0 Å². The van der Waals surface area contributed by atoms with Gasteiger partial charge in [0, 0.05) is 37.5 Å². The Balaban J connectivity index is 1.80. The molecule has 3 aromatic heterocycles. The van der Waals surface area contributed by atoms with Gasteiger partial charge in [-0.25, -0.2) is 9.97 Å². The Morgan fingerprint density at radius 3 is 2.64 bits per heavy atom. The lowest BCUT2D eigenvalue weighted by atomic mass is 10.2. The van der Waals surface area contributed by atoms with Crippen molar-refractivity contribution in [3.8, 4) is 11.3 Å². The number of hydrogen-bond donors (Lipinski definition) is 3. The molecule has 0 aromatic carbocycles. The van der Waals surface area contributed by atoms with Gasteiger partial charge >= 0.3 is 6.18 Å². The molecule has 11 heteroatoms. The lowest BCUT2D eigenvalue weighted by molar-refractivity contribution is -0.132. The quantitative estimate of drug-likeness (QED) is 0.460. The third-order valence-corrected chi connectivity index (χ3v) is 3.90. The fourth-order valence-corrected chi connectivity index (χ4v) is 2.47. The SMILES string of the molecule is Cn1nccc1Nc1nccc(-c2ccn(C(=N)CCC(F)(F)F)c(=N)c2)n1. The van der Waals surface area contributed by atoms with Crippen molar-refractivity contribution in [1.29, 1.82) is 10.8 Å². The van der Waals surface area contributed by atoms with E-state index in [1.165, 1.54) is 12.3 Å². The van der Waals surface area contributed by atoms with Gasteiger partial charge in [-0.1, -0.05) is 0 Å². The molecule has 0 bridgehead atoms. The van der Waals surface area contributed by atoms with E-state index in [-0.39, 0.29) is 11.3 Å². The number of rotatable bonds is 5. The Labute approximate surface area is 157 Å². The zero-order chi connectivity index (χ0) is 20.3. The number of hydrogen-bond acceptors (Lipinski definition) is 6. The maximum atomic E-state index is 12.3. The average Bonchev–Trinajstić information content (AvgIpc) is 3.04. The van der Waals surface area contributed by atoms with Gasteiger partial charge in [0.25, 0.3) is 0 Å². The summed E-state index contributed by atoms with van der Waals surface area (Å²) < 4.78 is 39.7. The Morgan fingerprint density at radius 2 is 2.00 bits per heavy atom. The minimum Gasteiger partial charge on any atom is -0.309 e. The molecule has 0 fully saturated rings. The highest BCUT2D eigenvalue weighted by Gasteiger charge is 2.27. The van der Waals surface area contributed by atoms with Crippen molar-refractivity contribution >= 4 is 17.6 Å². The van der Waals surface area contributed by atoms with Crippen LogP contribution in [-0.4, -0.2) is 36.3 Å². The molecule has 0 amide bonds. The molecule has 0 aliphatic heterocycles. The van der Waals surface area contributed by atoms with E-state index in [2.05, 4.69) is 20.4 Å². The number of anilines is 2. The van der Waals surface area contributed by atoms with Crippen molar-refractivity contribution in [1.82, 2.24) is 24.3 Å². The molecule has 3 heterocycles. The number of aryl methyl sites for hydroxylation is 1. The summed E-state index contributed by atoms with van der Waals surface area (Å²) in [6.45, 7) is 0. The fourth-order valence-electron chi connectivity index (χ4n) is 2.47. The highest BCUT2D eigenvalue weighted by atomic mass is 19.4. The zero-order valence-corrected chi connectivity index (χ0v) is 14.8. The number of alkyl halides is 3. The lowest BCUT2D eigenvalue weighted by Crippen LogP contribution is -2.27. The zero-order valence-electron chi connectivity index (χ0n) is 14.8. The average molecular weight is 390 g/mol. The van der Waals surface area contributed by atoms with Crippen LogP contribution in [0.25, 0.3) is 11.3 Å². The van der Waals surface area contributed by atoms with Gasteiger partial charge in [-0.15, -0.1) is 0 Å². The van der Waals surface area contributed by atoms with Gasteiger partial charge in [0.2, 0.25) is 5.95 Å². The van der Waals surface area contributed by atoms with E-state index in [9.17, 15) is 13.2 Å². The predicted molar refractivity (Wildman–Crippen MR) is 96.2 cm³/mol. The maximum absolute atomic E-state index is 12.3. The van der Waals surface area contributed by atoms with Gasteiger partial charge < -0.3 is 5.32 Å². The van der Waals surface area contributed by atoms with Crippen LogP contribution in [0.3, 0.4) is 0 Å². The minimum atomic E-state index is -4.34. The van der Waals surface area contributed by atoms with Crippen molar-refractivity contribution < 1.29 is 13.2 Å². The van der Waals surface area contributed by atoms with E-state index in [1.54, 1.807) is 42.3 Å². The monoisotopic (exact) mass is 390 g/mol. The molecular formula is C17H17F3N8. The Kier molecular flexibility index (Phi) is 5.25. The summed E-state index contributed by atoms with van der Waals surface area (Å²) in [5.41, 5.74) is 1.01. The molecule has 8 nitrogen and oxygen atoms in total. The molecule has 3 aromatic rings. The minimum absolute atomic E-state index is 0.107. The Hall–Kier alpha value is -3.50. The summed E-state index contributed by atoms with van der Waals surface area (Å²) >= 11 is 0. The third-order valence-electron chi connectivity index (χ3n) is 3.90. The number of pyridine rings is 1. The van der Waals surface area contributed by atoms with Gasteiger partial charge in [-0.2, -0.15) is 18.3 Å². The van der Waals surface area contributed by atoms with Crippen LogP contribution in [0.1, 0.15) is 12.8 Å². The van der Waals surface area contributed by atoms with Gasteiger partial charge in [0.15, 0.2) is 0 Å². The normalized spacial score (nSPS) is 11.4. The van der Waals surface area contributed by atoms with E-state index >= 15 is 0 Å². The largest absolute Gasteiger partial charge is 0.389 e. The number of halogens is 3. The smallest absolute Gasteiger partial charge is 0.309 e. The molecule has 0 spiro atoms. The van der Waals surface area contributed by atoms with Crippen LogP contribution in [0.5, 0.6) is 0 Å². The van der Waals surface area contributed by atoms with Gasteiger partial charge in [-0.3, -0.25) is 20.1 Å². The first kappa shape index (κ1) is 19.3. The van der Waals surface area contributed by atoms with Crippen LogP contribution in [0.15, 0.2) is 42.9 Å². The van der Waals surface area contributed by atoms with Crippen molar-refractivity contribution in [2.75, 3.05) is 5.32 Å². The molecule has 0 atom stereocenters. The standard InChI is InChI=1S/C17H17F3N8/c1-27-15(4-8-24-27)26-16-23-7-3-12(25-16)11-5-9-28(14(22)10-11)13(21)2-6-17(18,19)20/h3-5,7-10,21-22H,2,6H2,1H3,(H,23,25,26). The summed E-state index contributed by atoms with van der Waals surface area (Å²) in [5.74, 6) is 0.736. The molecule has 3 N–H and O–H groups in total. The van der Waals surface area contributed by atoms with Crippen LogP contribution >= 0.6 is 0 Å². The number of aromatic nitrogens is 5. The fraction of sp³-hybridized carbons (Fsp3) is 0.235. The van der Waals surface area contributed by atoms with Crippen LogP contribution in [-0.2, 0) is 7.05 Å². The second-order valence-corrected chi connectivity index (χ2v) is 5.96. The number of nitrogens with zero attached hydrogens (tertiary/aromatic N) is 5. The maximum Gasteiger partial charge on any atom is 0.389 e. The molecule has 146 valence electrons. The molecule has 0 aliphatic carbocycles. The molecule has 0 saturated carbocycles. The third kappa shape index (κ3) is 4.61. The lowest BCUT2D eigenvalue weighted by Gasteiger charge is -2.11. The molecule has 0 aliphatic rings. The topological polar surface area (TPSA) is 108 Å². The van der Waals surface area contributed by atoms with Gasteiger partial charge in [-0.05, 0) is 18.2 Å². The van der Waals surface area contributed by atoms with E-state index in [4.69, 9.17) is 10.8 Å². The molecule has 0 radical (unpaired) electrons. The van der Waals surface area contributed by atoms with Crippen LogP contribution in [0.2, 0.25) is 0 Å². The van der Waals surface area contributed by atoms with Crippen molar-refractivity contribution in [2.45, 2.75) is 19.0 Å². The van der Waals surface area contributed by atoms with Crippen LogP contribution in [0.4, 0.5) is 24.9 Å². The second-order valence-electron chi connectivity index (χ2n) is 5.96. The highest BCUT2D eigenvalue weighted by Crippen LogP contribution is 2.22. The summed E-state index contributed by atoms with van der Waals surface area (Å²) in [5, 5.41) is 22.9. The highest BCUT2D eigenvalue weighted by molar-refractivity contribution is 5.81. The first-order valence-corrected chi connectivity index (χ1v) is 8.23. The van der Waals surface area contributed by atoms with Crippen LogP contribution in [0, 0.1) is 10.8 Å². The first-order valence-electron chi connectivity index (χ1n) is 8.23.